The molecule has 1 aliphatic rings. The lowest BCUT2D eigenvalue weighted by molar-refractivity contribution is -0.137. The van der Waals surface area contributed by atoms with Gasteiger partial charge in [-0.05, 0) is 73.0 Å². The Morgan fingerprint density at radius 1 is 1.05 bits per heavy atom. The SMILES string of the molecule is COc1cc(F)c(C(C)C)cc1-c1ccc(C(F)(F)F)cc1CN1C(=O)OC(c2cccc(CN(C)C)c2)[C@@H]1C. The van der Waals surface area contributed by atoms with Crippen molar-refractivity contribution in [2.45, 2.75) is 58.1 Å². The van der Waals surface area contributed by atoms with E-state index in [1.54, 1.807) is 6.07 Å². The number of cyclic esters (lactones) is 1. The maximum atomic E-state index is 14.7. The number of carbonyl (C=O) groups is 1. The van der Waals surface area contributed by atoms with Crippen LogP contribution in [0.1, 0.15) is 60.6 Å². The number of ether oxygens (including phenoxy) is 2. The van der Waals surface area contributed by atoms with Gasteiger partial charge >= 0.3 is 12.3 Å². The van der Waals surface area contributed by atoms with E-state index < -0.39 is 35.8 Å². The summed E-state index contributed by atoms with van der Waals surface area (Å²) >= 11 is 0. The number of hydrogen-bond donors (Lipinski definition) is 0. The number of halogens is 4. The van der Waals surface area contributed by atoms with E-state index in [1.807, 2.05) is 64.0 Å². The molecule has 0 spiro atoms. The first-order chi connectivity index (χ1) is 18.8. The van der Waals surface area contributed by atoms with Gasteiger partial charge in [-0.25, -0.2) is 9.18 Å². The van der Waals surface area contributed by atoms with Gasteiger partial charge in [0.25, 0.3) is 0 Å². The molecule has 3 aromatic carbocycles. The van der Waals surface area contributed by atoms with E-state index in [2.05, 4.69) is 0 Å². The number of alkyl halides is 3. The van der Waals surface area contributed by atoms with Crippen molar-refractivity contribution in [2.24, 2.45) is 0 Å². The maximum absolute atomic E-state index is 14.7. The lowest BCUT2D eigenvalue weighted by Gasteiger charge is -2.24. The van der Waals surface area contributed by atoms with Crippen LogP contribution in [0, 0.1) is 5.82 Å². The summed E-state index contributed by atoms with van der Waals surface area (Å²) in [5, 5.41) is 0. The quantitative estimate of drug-likeness (QED) is 0.265. The second kappa shape index (κ2) is 11.5. The van der Waals surface area contributed by atoms with Crippen LogP contribution in [0.5, 0.6) is 5.75 Å². The number of nitrogens with zero attached hydrogens (tertiary/aromatic N) is 2. The number of benzene rings is 3. The van der Waals surface area contributed by atoms with Gasteiger partial charge in [0, 0.05) is 18.2 Å². The van der Waals surface area contributed by atoms with Gasteiger partial charge in [0.1, 0.15) is 17.7 Å². The van der Waals surface area contributed by atoms with Gasteiger partial charge in [-0.3, -0.25) is 4.90 Å². The van der Waals surface area contributed by atoms with Gasteiger partial charge in [-0.15, -0.1) is 0 Å². The summed E-state index contributed by atoms with van der Waals surface area (Å²) in [4.78, 5) is 16.5. The molecule has 5 nitrogen and oxygen atoms in total. The first-order valence-electron chi connectivity index (χ1n) is 13.1. The highest BCUT2D eigenvalue weighted by atomic mass is 19.4. The molecule has 9 heteroatoms. The molecule has 0 bridgehead atoms. The van der Waals surface area contributed by atoms with Crippen LogP contribution in [0.15, 0.2) is 54.6 Å². The lowest BCUT2D eigenvalue weighted by Crippen LogP contribution is -2.31. The van der Waals surface area contributed by atoms with Crippen molar-refractivity contribution >= 4 is 6.09 Å². The fourth-order valence-electron chi connectivity index (χ4n) is 5.13. The standard InChI is InChI=1S/C31H34F4N2O3/c1-18(2)25-14-26(28(39-6)15-27(25)32)24-11-10-23(31(33,34)35)13-22(24)17-37-19(3)29(40-30(37)38)21-9-7-8-20(12-21)16-36(4)5/h7-15,18-19,29H,16-17H2,1-6H3/t19-,29?/m0/s1. The number of methoxy groups -OCH3 is 1. The molecule has 1 fully saturated rings. The van der Waals surface area contributed by atoms with Crippen LogP contribution in [-0.4, -0.2) is 43.1 Å². The smallest absolute Gasteiger partial charge is 0.416 e. The van der Waals surface area contributed by atoms with Crippen molar-refractivity contribution < 1.29 is 31.8 Å². The fourth-order valence-corrected chi connectivity index (χ4v) is 5.13. The van der Waals surface area contributed by atoms with Crippen LogP contribution in [0.25, 0.3) is 11.1 Å². The van der Waals surface area contributed by atoms with E-state index in [0.717, 1.165) is 23.3 Å². The normalized spacial score (nSPS) is 17.6. The second-order valence-corrected chi connectivity index (χ2v) is 10.8. The molecular formula is C31H34F4N2O3. The molecule has 0 aromatic heterocycles. The average molecular weight is 559 g/mol. The van der Waals surface area contributed by atoms with Crippen molar-refractivity contribution in [3.8, 4) is 16.9 Å². The Morgan fingerprint density at radius 2 is 1.77 bits per heavy atom. The average Bonchev–Trinajstić information content (AvgIpc) is 3.16. The summed E-state index contributed by atoms with van der Waals surface area (Å²) in [6.07, 6.45) is -5.79. The van der Waals surface area contributed by atoms with E-state index >= 15 is 0 Å². The first kappa shape index (κ1) is 29.4. The zero-order chi connectivity index (χ0) is 29.4. The Hall–Kier alpha value is -3.59. The topological polar surface area (TPSA) is 42.0 Å². The Bertz CT molecular complexity index is 1390. The summed E-state index contributed by atoms with van der Waals surface area (Å²) in [5.41, 5.74) is 2.55. The molecule has 214 valence electrons. The zero-order valence-corrected chi connectivity index (χ0v) is 23.5. The molecule has 1 aliphatic heterocycles. The number of hydrogen-bond acceptors (Lipinski definition) is 4. The van der Waals surface area contributed by atoms with Crippen LogP contribution in [0.3, 0.4) is 0 Å². The zero-order valence-electron chi connectivity index (χ0n) is 23.5. The third kappa shape index (κ3) is 6.09. The highest BCUT2D eigenvalue weighted by Gasteiger charge is 2.40. The van der Waals surface area contributed by atoms with Gasteiger partial charge in [0.05, 0.1) is 25.3 Å². The van der Waals surface area contributed by atoms with Crippen LogP contribution in [-0.2, 0) is 24.0 Å². The Labute approximate surface area is 232 Å². The Balaban J connectivity index is 1.76. The molecule has 40 heavy (non-hydrogen) atoms. The van der Waals surface area contributed by atoms with E-state index in [9.17, 15) is 22.4 Å². The molecule has 1 amide bonds. The molecular weight excluding hydrogens is 524 g/mol. The van der Waals surface area contributed by atoms with Crippen molar-refractivity contribution in [2.75, 3.05) is 21.2 Å². The highest BCUT2D eigenvalue weighted by Crippen LogP contribution is 2.41. The molecule has 0 radical (unpaired) electrons. The molecule has 3 aromatic rings. The van der Waals surface area contributed by atoms with Crippen LogP contribution in [0.2, 0.25) is 0 Å². The molecule has 4 rings (SSSR count). The summed E-state index contributed by atoms with van der Waals surface area (Å²) < 4.78 is 67.2. The largest absolute Gasteiger partial charge is 0.496 e. The highest BCUT2D eigenvalue weighted by molar-refractivity contribution is 5.76. The monoisotopic (exact) mass is 558 g/mol. The van der Waals surface area contributed by atoms with Crippen LogP contribution in [0.4, 0.5) is 22.4 Å². The van der Waals surface area contributed by atoms with E-state index in [0.29, 0.717) is 23.2 Å². The van der Waals surface area contributed by atoms with E-state index in [-0.39, 0.29) is 23.8 Å². The number of carbonyl (C=O) groups excluding carboxylic acids is 1. The molecule has 0 saturated carbocycles. The van der Waals surface area contributed by atoms with Crippen LogP contribution < -0.4 is 4.74 Å². The number of amides is 1. The molecule has 2 atom stereocenters. The third-order valence-electron chi connectivity index (χ3n) is 7.17. The van der Waals surface area contributed by atoms with Gasteiger partial charge in [0.15, 0.2) is 0 Å². The minimum Gasteiger partial charge on any atom is -0.496 e. The summed E-state index contributed by atoms with van der Waals surface area (Å²) in [6.45, 7) is 6.05. The summed E-state index contributed by atoms with van der Waals surface area (Å²) in [5.74, 6) is -0.434. The second-order valence-electron chi connectivity index (χ2n) is 10.8. The lowest BCUT2D eigenvalue weighted by atomic mass is 9.92. The molecule has 1 unspecified atom stereocenters. The van der Waals surface area contributed by atoms with Crippen molar-refractivity contribution in [1.29, 1.82) is 0 Å². The molecule has 0 aliphatic carbocycles. The Morgan fingerprint density at radius 3 is 2.40 bits per heavy atom. The van der Waals surface area contributed by atoms with Crippen LogP contribution >= 0.6 is 0 Å². The van der Waals surface area contributed by atoms with Gasteiger partial charge in [-0.2, -0.15) is 13.2 Å². The van der Waals surface area contributed by atoms with Crippen molar-refractivity contribution in [1.82, 2.24) is 9.80 Å². The van der Waals surface area contributed by atoms with E-state index in [4.69, 9.17) is 9.47 Å². The van der Waals surface area contributed by atoms with Gasteiger partial charge in [-0.1, -0.05) is 44.2 Å². The summed E-state index contributed by atoms with van der Waals surface area (Å²) in [7, 11) is 5.30. The minimum absolute atomic E-state index is 0.134. The van der Waals surface area contributed by atoms with Gasteiger partial charge in [0.2, 0.25) is 0 Å². The Kier molecular flexibility index (Phi) is 8.44. The van der Waals surface area contributed by atoms with Crippen molar-refractivity contribution in [3.05, 3.63) is 88.2 Å². The van der Waals surface area contributed by atoms with E-state index in [1.165, 1.54) is 24.1 Å². The number of rotatable bonds is 8. The molecule has 0 N–H and O–H groups in total. The molecule has 1 saturated heterocycles. The maximum Gasteiger partial charge on any atom is 0.416 e. The predicted molar refractivity (Wildman–Crippen MR) is 146 cm³/mol. The molecule has 1 heterocycles. The fraction of sp³-hybridized carbons (Fsp3) is 0.387. The van der Waals surface area contributed by atoms with Gasteiger partial charge < -0.3 is 14.4 Å². The minimum atomic E-state index is -4.59. The van der Waals surface area contributed by atoms with Crippen molar-refractivity contribution in [3.63, 3.8) is 0 Å². The predicted octanol–water partition coefficient (Wildman–Crippen LogP) is 7.79. The summed E-state index contributed by atoms with van der Waals surface area (Å²) in [6, 6.07) is 13.5. The first-order valence-corrected chi connectivity index (χ1v) is 13.1. The third-order valence-corrected chi connectivity index (χ3v) is 7.17.